The molecule has 5 rings (SSSR count). The normalized spacial score (nSPS) is 27.4. The lowest BCUT2D eigenvalue weighted by Crippen LogP contribution is -2.33. The van der Waals surface area contributed by atoms with Gasteiger partial charge in [-0.15, -0.1) is 0 Å². The van der Waals surface area contributed by atoms with Gasteiger partial charge in [0.05, 0.1) is 17.5 Å². The van der Waals surface area contributed by atoms with Crippen molar-refractivity contribution in [2.75, 3.05) is 10.2 Å². The largest absolute Gasteiger partial charge is 0.322 e. The second-order valence-electron chi connectivity index (χ2n) is 7.52. The topological polar surface area (TPSA) is 66.5 Å². The average Bonchev–Trinajstić information content (AvgIpc) is 3.37. The van der Waals surface area contributed by atoms with Gasteiger partial charge < -0.3 is 5.32 Å². The first kappa shape index (κ1) is 17.2. The maximum atomic E-state index is 12.9. The van der Waals surface area contributed by atoms with E-state index in [0.717, 1.165) is 6.42 Å². The van der Waals surface area contributed by atoms with Crippen LogP contribution in [0.25, 0.3) is 0 Å². The number of nitrogens with zero attached hydrogens (tertiary/aromatic N) is 1. The molecule has 140 valence electrons. The monoisotopic (exact) mass is 392 g/mol. The molecule has 1 saturated carbocycles. The van der Waals surface area contributed by atoms with Crippen molar-refractivity contribution in [1.82, 2.24) is 0 Å². The number of hydrogen-bond acceptors (Lipinski definition) is 3. The second-order valence-corrected chi connectivity index (χ2v) is 7.96. The summed E-state index contributed by atoms with van der Waals surface area (Å²) in [6.07, 6.45) is 5.02. The lowest BCUT2D eigenvalue weighted by Gasteiger charge is -2.18. The Morgan fingerprint density at radius 3 is 2.25 bits per heavy atom. The maximum Gasteiger partial charge on any atom is 0.255 e. The number of fused-ring (bicyclic) bond motifs is 5. The van der Waals surface area contributed by atoms with Crippen molar-refractivity contribution in [3.8, 4) is 0 Å². The molecule has 1 heterocycles. The fourth-order valence-corrected chi connectivity index (χ4v) is 4.81. The molecular formula is C22H17ClN2O3. The number of hydrogen-bond donors (Lipinski definition) is 1. The lowest BCUT2D eigenvalue weighted by atomic mass is 9.85. The van der Waals surface area contributed by atoms with E-state index in [1.165, 1.54) is 4.90 Å². The van der Waals surface area contributed by atoms with E-state index in [1.54, 1.807) is 48.5 Å². The molecule has 1 aliphatic heterocycles. The first-order valence-electron chi connectivity index (χ1n) is 9.26. The van der Waals surface area contributed by atoms with Crippen LogP contribution in [0.4, 0.5) is 11.4 Å². The Bertz CT molecular complexity index is 1000. The van der Waals surface area contributed by atoms with E-state index in [2.05, 4.69) is 17.5 Å². The summed E-state index contributed by atoms with van der Waals surface area (Å²) in [6, 6.07) is 13.4. The second kappa shape index (κ2) is 6.31. The Labute approximate surface area is 167 Å². The number of allylic oxidation sites excluding steroid dienone is 2. The van der Waals surface area contributed by atoms with Crippen LogP contribution in [-0.2, 0) is 9.59 Å². The molecular weight excluding hydrogens is 376 g/mol. The highest BCUT2D eigenvalue weighted by atomic mass is 35.5. The number of rotatable bonds is 3. The number of carbonyl (C=O) groups excluding carboxylic acids is 3. The van der Waals surface area contributed by atoms with Crippen LogP contribution < -0.4 is 10.2 Å². The lowest BCUT2D eigenvalue weighted by molar-refractivity contribution is -0.123. The molecule has 3 aliphatic rings. The highest BCUT2D eigenvalue weighted by Gasteiger charge is 2.59. The van der Waals surface area contributed by atoms with Crippen molar-refractivity contribution in [2.24, 2.45) is 23.7 Å². The van der Waals surface area contributed by atoms with E-state index in [-0.39, 0.29) is 41.4 Å². The highest BCUT2D eigenvalue weighted by Crippen LogP contribution is 2.53. The van der Waals surface area contributed by atoms with Crippen molar-refractivity contribution in [2.45, 2.75) is 6.42 Å². The minimum absolute atomic E-state index is 0.151. The van der Waals surface area contributed by atoms with Gasteiger partial charge in [0.2, 0.25) is 11.8 Å². The minimum atomic E-state index is -0.315. The predicted octanol–water partition coefficient (Wildman–Crippen LogP) is 3.90. The molecule has 2 aromatic rings. The zero-order chi connectivity index (χ0) is 19.4. The van der Waals surface area contributed by atoms with Crippen LogP contribution in [0.2, 0.25) is 5.02 Å². The Kier molecular flexibility index (Phi) is 3.88. The van der Waals surface area contributed by atoms with Crippen molar-refractivity contribution < 1.29 is 14.4 Å². The molecule has 5 nitrogen and oxygen atoms in total. The first-order valence-corrected chi connectivity index (χ1v) is 9.64. The van der Waals surface area contributed by atoms with Gasteiger partial charge in [-0.2, -0.15) is 0 Å². The Morgan fingerprint density at radius 1 is 0.964 bits per heavy atom. The summed E-state index contributed by atoms with van der Waals surface area (Å²) in [7, 11) is 0. The fraction of sp³-hybridized carbons (Fsp3) is 0.227. The number of imide groups is 1. The number of anilines is 2. The molecule has 3 amide bonds. The molecule has 2 fully saturated rings. The molecule has 2 bridgehead atoms. The highest BCUT2D eigenvalue weighted by molar-refractivity contribution is 6.30. The van der Waals surface area contributed by atoms with Gasteiger partial charge in [-0.3, -0.25) is 14.4 Å². The zero-order valence-corrected chi connectivity index (χ0v) is 15.6. The standard InChI is InChI=1S/C22H17ClN2O3/c23-15-6-8-16(9-7-15)24-20(26)14-2-1-3-17(11-14)25-21(27)18-12-4-5-13(10-12)19(18)22(25)28/h1-9,11-13,18-19H,10H2,(H,24,26)/t12-,13-,18-,19-/m0/s1. The van der Waals surface area contributed by atoms with E-state index in [0.29, 0.717) is 22.0 Å². The summed E-state index contributed by atoms with van der Waals surface area (Å²) < 4.78 is 0. The summed E-state index contributed by atoms with van der Waals surface area (Å²) in [5, 5.41) is 3.38. The van der Waals surface area contributed by atoms with Gasteiger partial charge in [-0.05, 0) is 60.7 Å². The average molecular weight is 393 g/mol. The van der Waals surface area contributed by atoms with Crippen LogP contribution in [0, 0.1) is 23.7 Å². The van der Waals surface area contributed by atoms with E-state index in [9.17, 15) is 14.4 Å². The molecule has 4 atom stereocenters. The molecule has 0 spiro atoms. The zero-order valence-electron chi connectivity index (χ0n) is 14.8. The van der Waals surface area contributed by atoms with Gasteiger partial charge in [0, 0.05) is 16.3 Å². The van der Waals surface area contributed by atoms with Crippen LogP contribution in [0.15, 0.2) is 60.7 Å². The van der Waals surface area contributed by atoms with Crippen LogP contribution in [0.5, 0.6) is 0 Å². The van der Waals surface area contributed by atoms with Crippen LogP contribution >= 0.6 is 11.6 Å². The van der Waals surface area contributed by atoms with Gasteiger partial charge in [0.1, 0.15) is 0 Å². The van der Waals surface area contributed by atoms with Gasteiger partial charge in [-0.25, -0.2) is 4.90 Å². The van der Waals surface area contributed by atoms with E-state index in [1.807, 2.05) is 0 Å². The Morgan fingerprint density at radius 2 is 1.61 bits per heavy atom. The predicted molar refractivity (Wildman–Crippen MR) is 106 cm³/mol. The van der Waals surface area contributed by atoms with E-state index in [4.69, 9.17) is 11.6 Å². The number of amides is 3. The third-order valence-corrected chi connectivity index (χ3v) is 6.19. The van der Waals surface area contributed by atoms with Gasteiger partial charge in [0.25, 0.3) is 5.91 Å². The number of carbonyl (C=O) groups is 3. The molecule has 1 saturated heterocycles. The molecule has 0 aromatic heterocycles. The SMILES string of the molecule is O=C(Nc1ccc(Cl)cc1)c1cccc(N2C(=O)[C@@H]3[C@@H](C2=O)[C@H]2C=C[C@H]3C2)c1. The molecule has 0 unspecified atom stereocenters. The summed E-state index contributed by atoms with van der Waals surface area (Å²) in [5.74, 6) is -0.807. The molecule has 2 aliphatic carbocycles. The summed E-state index contributed by atoms with van der Waals surface area (Å²) in [6.45, 7) is 0. The van der Waals surface area contributed by atoms with E-state index < -0.39 is 0 Å². The van der Waals surface area contributed by atoms with Crippen molar-refractivity contribution in [1.29, 1.82) is 0 Å². The third-order valence-electron chi connectivity index (χ3n) is 5.94. The molecule has 0 radical (unpaired) electrons. The van der Waals surface area contributed by atoms with Gasteiger partial charge in [-0.1, -0.05) is 29.8 Å². The van der Waals surface area contributed by atoms with Crippen LogP contribution in [0.3, 0.4) is 0 Å². The summed E-state index contributed by atoms with van der Waals surface area (Å²) in [4.78, 5) is 39.8. The van der Waals surface area contributed by atoms with Crippen LogP contribution in [-0.4, -0.2) is 17.7 Å². The quantitative estimate of drug-likeness (QED) is 0.636. The molecule has 1 N–H and O–H groups in total. The van der Waals surface area contributed by atoms with Crippen molar-refractivity contribution in [3.05, 3.63) is 71.3 Å². The minimum Gasteiger partial charge on any atom is -0.322 e. The third kappa shape index (κ3) is 2.58. The van der Waals surface area contributed by atoms with Crippen molar-refractivity contribution >= 4 is 40.7 Å². The van der Waals surface area contributed by atoms with Crippen molar-refractivity contribution in [3.63, 3.8) is 0 Å². The number of nitrogens with one attached hydrogen (secondary N) is 1. The number of halogens is 1. The first-order chi connectivity index (χ1) is 13.5. The molecule has 2 aromatic carbocycles. The molecule has 6 heteroatoms. The van der Waals surface area contributed by atoms with Gasteiger partial charge >= 0.3 is 0 Å². The smallest absolute Gasteiger partial charge is 0.255 e. The number of benzene rings is 2. The Hall–Kier alpha value is -2.92. The summed E-state index contributed by atoms with van der Waals surface area (Å²) in [5.41, 5.74) is 1.45. The maximum absolute atomic E-state index is 12.9. The molecule has 28 heavy (non-hydrogen) atoms. The van der Waals surface area contributed by atoms with Gasteiger partial charge in [0.15, 0.2) is 0 Å². The fourth-order valence-electron chi connectivity index (χ4n) is 4.68. The van der Waals surface area contributed by atoms with E-state index >= 15 is 0 Å². The summed E-state index contributed by atoms with van der Waals surface area (Å²) >= 11 is 5.86. The van der Waals surface area contributed by atoms with Crippen LogP contribution in [0.1, 0.15) is 16.8 Å². The Balaban J connectivity index is 1.40.